The van der Waals surface area contributed by atoms with Crippen molar-refractivity contribution in [2.45, 2.75) is 26.7 Å². The molecule has 1 heterocycles. The molecule has 0 aliphatic rings. The molecule has 0 amide bonds. The average molecular weight is 238 g/mol. The molecule has 6 heteroatoms. The average Bonchev–Trinajstić information content (AvgIpc) is 2.29. The van der Waals surface area contributed by atoms with Gasteiger partial charge in [0.05, 0.1) is 6.61 Å². The lowest BCUT2D eigenvalue weighted by Crippen LogP contribution is -2.10. The Bertz CT molecular complexity index is 382. The summed E-state index contributed by atoms with van der Waals surface area (Å²) in [6.45, 7) is 4.76. The molecule has 1 aromatic heterocycles. The van der Waals surface area contributed by atoms with Crippen LogP contribution >= 0.6 is 0 Å². The third kappa shape index (κ3) is 4.67. The van der Waals surface area contributed by atoms with E-state index in [4.69, 9.17) is 10.5 Å². The van der Waals surface area contributed by atoms with Crippen LogP contribution in [0.5, 0.6) is 0 Å². The number of esters is 1. The molecule has 0 bridgehead atoms. The van der Waals surface area contributed by atoms with Crippen LogP contribution in [0.25, 0.3) is 0 Å². The molecule has 1 aromatic rings. The molecular formula is C11H18N4O2. The molecule has 0 aromatic carbocycles. The second-order valence-electron chi connectivity index (χ2n) is 3.60. The predicted octanol–water partition coefficient (Wildman–Crippen LogP) is 1.12. The van der Waals surface area contributed by atoms with E-state index >= 15 is 0 Å². The second-order valence-corrected chi connectivity index (χ2v) is 3.60. The lowest BCUT2D eigenvalue weighted by Gasteiger charge is -2.08. The largest absolute Gasteiger partial charge is 0.466 e. The number of aromatic nitrogens is 2. The summed E-state index contributed by atoms with van der Waals surface area (Å²) >= 11 is 0. The van der Waals surface area contributed by atoms with Crippen molar-refractivity contribution >= 4 is 17.7 Å². The Kier molecular flexibility index (Phi) is 5.19. The Hall–Kier alpha value is -1.85. The molecule has 1 rings (SSSR count). The quantitative estimate of drug-likeness (QED) is 0.570. The van der Waals surface area contributed by atoms with Gasteiger partial charge in [0.1, 0.15) is 5.82 Å². The third-order valence-corrected chi connectivity index (χ3v) is 2.15. The maximum absolute atomic E-state index is 11.1. The number of nitrogens with two attached hydrogens (primary N) is 1. The number of aryl methyl sites for hydroxylation is 1. The van der Waals surface area contributed by atoms with E-state index in [2.05, 4.69) is 15.3 Å². The number of hydrogen-bond acceptors (Lipinski definition) is 6. The number of nitrogens with one attached hydrogen (secondary N) is 1. The smallest absolute Gasteiger partial charge is 0.305 e. The lowest BCUT2D eigenvalue weighted by molar-refractivity contribution is -0.143. The van der Waals surface area contributed by atoms with Gasteiger partial charge in [-0.25, -0.2) is 4.98 Å². The van der Waals surface area contributed by atoms with Crippen molar-refractivity contribution in [3.8, 4) is 0 Å². The molecule has 94 valence electrons. The zero-order valence-electron chi connectivity index (χ0n) is 10.2. The van der Waals surface area contributed by atoms with Gasteiger partial charge in [0.15, 0.2) is 0 Å². The number of nitrogen functional groups attached to an aromatic ring is 1. The summed E-state index contributed by atoms with van der Waals surface area (Å²) in [5.41, 5.74) is 6.41. The van der Waals surface area contributed by atoms with Gasteiger partial charge in [-0.2, -0.15) is 4.98 Å². The van der Waals surface area contributed by atoms with E-state index in [-0.39, 0.29) is 11.9 Å². The van der Waals surface area contributed by atoms with E-state index in [1.807, 2.05) is 6.92 Å². The van der Waals surface area contributed by atoms with Gasteiger partial charge in [0, 0.05) is 24.7 Å². The summed E-state index contributed by atoms with van der Waals surface area (Å²) in [6.07, 6.45) is 2.76. The van der Waals surface area contributed by atoms with Crippen LogP contribution in [-0.2, 0) is 9.53 Å². The lowest BCUT2D eigenvalue weighted by atomic mass is 10.3. The molecule has 17 heavy (non-hydrogen) atoms. The van der Waals surface area contributed by atoms with Crippen molar-refractivity contribution in [3.05, 3.63) is 11.8 Å². The highest BCUT2D eigenvalue weighted by molar-refractivity contribution is 5.69. The van der Waals surface area contributed by atoms with Gasteiger partial charge < -0.3 is 15.8 Å². The van der Waals surface area contributed by atoms with Crippen LogP contribution in [0.15, 0.2) is 6.20 Å². The summed E-state index contributed by atoms with van der Waals surface area (Å²) in [5.74, 6) is 0.776. The molecule has 0 atom stereocenters. The number of anilines is 2. The molecule has 3 N–H and O–H groups in total. The summed E-state index contributed by atoms with van der Waals surface area (Å²) in [4.78, 5) is 19.0. The Morgan fingerprint density at radius 3 is 3.06 bits per heavy atom. The number of carbonyl (C=O) groups is 1. The number of ether oxygens (including phenoxy) is 1. The highest BCUT2D eigenvalue weighted by Crippen LogP contribution is 2.10. The minimum absolute atomic E-state index is 0.173. The Morgan fingerprint density at radius 1 is 1.59 bits per heavy atom. The monoisotopic (exact) mass is 238 g/mol. The van der Waals surface area contributed by atoms with Gasteiger partial charge in [-0.3, -0.25) is 4.79 Å². The van der Waals surface area contributed by atoms with E-state index in [1.54, 1.807) is 13.1 Å². The van der Waals surface area contributed by atoms with Crippen LogP contribution in [0, 0.1) is 6.92 Å². The summed E-state index contributed by atoms with van der Waals surface area (Å²) in [6, 6.07) is 0. The van der Waals surface area contributed by atoms with Crippen molar-refractivity contribution in [1.82, 2.24) is 9.97 Å². The van der Waals surface area contributed by atoms with Crippen molar-refractivity contribution in [2.75, 3.05) is 24.2 Å². The van der Waals surface area contributed by atoms with Gasteiger partial charge in [-0.05, 0) is 20.3 Å². The van der Waals surface area contributed by atoms with Crippen molar-refractivity contribution in [3.63, 3.8) is 0 Å². The van der Waals surface area contributed by atoms with Crippen LogP contribution in [0.2, 0.25) is 0 Å². The fourth-order valence-corrected chi connectivity index (χ4v) is 1.31. The molecule has 0 aliphatic carbocycles. The molecule has 0 unspecified atom stereocenters. The number of nitrogens with zero attached hydrogens (tertiary/aromatic N) is 2. The zero-order valence-corrected chi connectivity index (χ0v) is 10.2. The Balaban J connectivity index is 2.31. The van der Waals surface area contributed by atoms with E-state index < -0.39 is 0 Å². The predicted molar refractivity (Wildman–Crippen MR) is 65.5 cm³/mol. The summed E-state index contributed by atoms with van der Waals surface area (Å²) in [7, 11) is 0. The molecule has 0 saturated heterocycles. The molecular weight excluding hydrogens is 220 g/mol. The number of carbonyl (C=O) groups excluding carboxylic acids is 1. The van der Waals surface area contributed by atoms with Crippen molar-refractivity contribution in [2.24, 2.45) is 0 Å². The van der Waals surface area contributed by atoms with Crippen molar-refractivity contribution in [1.29, 1.82) is 0 Å². The number of rotatable bonds is 6. The molecule has 0 spiro atoms. The Morgan fingerprint density at radius 2 is 2.35 bits per heavy atom. The highest BCUT2D eigenvalue weighted by atomic mass is 16.5. The second kappa shape index (κ2) is 6.67. The maximum atomic E-state index is 11.1. The van der Waals surface area contributed by atoms with E-state index in [0.29, 0.717) is 31.8 Å². The van der Waals surface area contributed by atoms with Crippen LogP contribution in [0.4, 0.5) is 11.8 Å². The molecule has 6 nitrogen and oxygen atoms in total. The molecule has 0 saturated carbocycles. The third-order valence-electron chi connectivity index (χ3n) is 2.15. The Labute approximate surface area is 101 Å². The summed E-state index contributed by atoms with van der Waals surface area (Å²) in [5, 5.41) is 3.11. The first-order chi connectivity index (χ1) is 8.13. The molecule has 0 radical (unpaired) electrons. The summed E-state index contributed by atoms with van der Waals surface area (Å²) < 4.78 is 4.82. The van der Waals surface area contributed by atoms with Crippen LogP contribution in [0.3, 0.4) is 0 Å². The van der Waals surface area contributed by atoms with E-state index in [9.17, 15) is 4.79 Å². The van der Waals surface area contributed by atoms with Gasteiger partial charge in [0.25, 0.3) is 0 Å². The minimum atomic E-state index is -0.173. The van der Waals surface area contributed by atoms with Gasteiger partial charge in [-0.15, -0.1) is 0 Å². The first-order valence-corrected chi connectivity index (χ1v) is 5.62. The van der Waals surface area contributed by atoms with Crippen LogP contribution < -0.4 is 11.1 Å². The topological polar surface area (TPSA) is 90.1 Å². The van der Waals surface area contributed by atoms with E-state index in [0.717, 1.165) is 5.56 Å². The standard InChI is InChI=1S/C11H18N4O2/c1-3-17-9(16)5-4-6-13-10-8(2)7-14-11(12)15-10/h7H,3-6H2,1-2H3,(H3,12,13,14,15). The highest BCUT2D eigenvalue weighted by Gasteiger charge is 2.03. The molecule has 0 aliphatic heterocycles. The number of hydrogen-bond donors (Lipinski definition) is 2. The minimum Gasteiger partial charge on any atom is -0.466 e. The van der Waals surface area contributed by atoms with Gasteiger partial charge >= 0.3 is 5.97 Å². The first-order valence-electron chi connectivity index (χ1n) is 5.62. The van der Waals surface area contributed by atoms with Crippen molar-refractivity contribution < 1.29 is 9.53 Å². The zero-order chi connectivity index (χ0) is 12.7. The molecule has 0 fully saturated rings. The van der Waals surface area contributed by atoms with Crippen LogP contribution in [-0.4, -0.2) is 29.1 Å². The maximum Gasteiger partial charge on any atom is 0.305 e. The fraction of sp³-hybridized carbons (Fsp3) is 0.545. The normalized spacial score (nSPS) is 10.0. The fourth-order valence-electron chi connectivity index (χ4n) is 1.31. The van der Waals surface area contributed by atoms with Gasteiger partial charge in [0.2, 0.25) is 5.95 Å². The van der Waals surface area contributed by atoms with Crippen LogP contribution in [0.1, 0.15) is 25.3 Å². The van der Waals surface area contributed by atoms with E-state index in [1.165, 1.54) is 0 Å². The van der Waals surface area contributed by atoms with Gasteiger partial charge in [-0.1, -0.05) is 0 Å². The SMILES string of the molecule is CCOC(=O)CCCNc1nc(N)ncc1C. The first kappa shape index (κ1) is 13.2.